The number of benzene rings is 5. The number of nitrogens with one attached hydrogen (secondary N) is 3. The Bertz CT molecular complexity index is 2180. The number of nitrogens with zero attached hydrogens (tertiary/aromatic N) is 1. The van der Waals surface area contributed by atoms with E-state index in [0.717, 1.165) is 38.2 Å². The van der Waals surface area contributed by atoms with Crippen LogP contribution in [0.2, 0.25) is 0 Å². The summed E-state index contributed by atoms with van der Waals surface area (Å²) in [6.07, 6.45) is 2.27. The molecule has 0 spiro atoms. The molecule has 3 N–H and O–H groups in total. The van der Waals surface area contributed by atoms with Gasteiger partial charge in [0.25, 0.3) is 11.8 Å². The molecular weight excluding hydrogens is 677 g/mol. The summed E-state index contributed by atoms with van der Waals surface area (Å²) in [5.74, 6) is -0.242. The molecule has 6 aromatic rings. The third kappa shape index (κ3) is 9.10. The molecule has 0 radical (unpaired) electrons. The molecule has 0 saturated carbocycles. The minimum atomic E-state index is -0.480. The highest BCUT2D eigenvalue weighted by molar-refractivity contribution is 8.00. The highest BCUT2D eigenvalue weighted by Crippen LogP contribution is 2.31. The van der Waals surface area contributed by atoms with Crippen molar-refractivity contribution in [3.8, 4) is 17.0 Å². The van der Waals surface area contributed by atoms with Gasteiger partial charge in [0.05, 0.1) is 17.6 Å². The number of hydrogen-bond donors (Lipinski definition) is 3. The number of thiazole rings is 1. The van der Waals surface area contributed by atoms with Gasteiger partial charge in [0.1, 0.15) is 11.4 Å². The number of hydrogen-bond acceptors (Lipinski definition) is 7. The zero-order chi connectivity index (χ0) is 35.6. The predicted molar refractivity (Wildman–Crippen MR) is 208 cm³/mol. The molecule has 0 saturated heterocycles. The standard InChI is InChI=1S/C41H36N4O4S2/c1-3-37(40(48)45-41-44-36(26-50-41)28-20-22-32(23-21-28)49-4-2)51-33-18-11-17-31(25-33)42-39(47)35(43-38(46)29-13-6-5-7-14-29)24-30-16-10-15-27-12-8-9-19-34(27)30/h5-26,37H,3-4H2,1-2H3,(H,42,47)(H,43,46)(H,44,45,48)/b35-24+. The van der Waals surface area contributed by atoms with E-state index in [1.54, 1.807) is 36.4 Å². The third-order valence-electron chi connectivity index (χ3n) is 7.88. The molecule has 0 aliphatic heterocycles. The molecule has 1 unspecified atom stereocenters. The van der Waals surface area contributed by atoms with E-state index in [9.17, 15) is 14.4 Å². The predicted octanol–water partition coefficient (Wildman–Crippen LogP) is 9.28. The smallest absolute Gasteiger partial charge is 0.272 e. The lowest BCUT2D eigenvalue weighted by Gasteiger charge is -2.15. The molecule has 256 valence electrons. The van der Waals surface area contributed by atoms with Gasteiger partial charge in [0.2, 0.25) is 5.91 Å². The van der Waals surface area contributed by atoms with Crippen LogP contribution in [0.4, 0.5) is 10.8 Å². The van der Waals surface area contributed by atoms with Crippen LogP contribution in [0.5, 0.6) is 5.75 Å². The molecule has 6 rings (SSSR count). The summed E-state index contributed by atoms with van der Waals surface area (Å²) in [6, 6.07) is 37.5. The summed E-state index contributed by atoms with van der Waals surface area (Å²) >= 11 is 2.77. The summed E-state index contributed by atoms with van der Waals surface area (Å²) in [6.45, 7) is 4.50. The van der Waals surface area contributed by atoms with Crippen LogP contribution < -0.4 is 20.7 Å². The van der Waals surface area contributed by atoms with Crippen molar-refractivity contribution in [2.75, 3.05) is 17.2 Å². The number of fused-ring (bicyclic) bond motifs is 1. The van der Waals surface area contributed by atoms with Crippen molar-refractivity contribution >= 4 is 68.5 Å². The summed E-state index contributed by atoms with van der Waals surface area (Å²) in [7, 11) is 0. The van der Waals surface area contributed by atoms with Crippen LogP contribution in [0.25, 0.3) is 28.1 Å². The lowest BCUT2D eigenvalue weighted by Crippen LogP contribution is -2.30. The number of aromatic nitrogens is 1. The number of thioether (sulfide) groups is 1. The average Bonchev–Trinajstić information content (AvgIpc) is 3.63. The second-order valence-corrected chi connectivity index (χ2v) is 13.6. The molecule has 0 aliphatic rings. The van der Waals surface area contributed by atoms with Crippen LogP contribution >= 0.6 is 23.1 Å². The molecule has 1 aromatic heterocycles. The second kappa shape index (κ2) is 16.8. The maximum Gasteiger partial charge on any atom is 0.272 e. The molecule has 3 amide bonds. The first kappa shape index (κ1) is 35.1. The van der Waals surface area contributed by atoms with E-state index in [1.807, 2.05) is 110 Å². The van der Waals surface area contributed by atoms with Crippen molar-refractivity contribution < 1.29 is 19.1 Å². The molecule has 10 heteroatoms. The van der Waals surface area contributed by atoms with Crippen molar-refractivity contribution in [3.05, 3.63) is 144 Å². The number of anilines is 2. The van der Waals surface area contributed by atoms with Gasteiger partial charge in [0.15, 0.2) is 5.13 Å². The number of rotatable bonds is 13. The molecule has 0 bridgehead atoms. The minimum Gasteiger partial charge on any atom is -0.494 e. The van der Waals surface area contributed by atoms with Crippen LogP contribution in [-0.4, -0.2) is 34.6 Å². The summed E-state index contributed by atoms with van der Waals surface area (Å²) < 4.78 is 5.53. The Morgan fingerprint density at radius 3 is 2.37 bits per heavy atom. The first-order chi connectivity index (χ1) is 24.9. The Morgan fingerprint density at radius 1 is 0.843 bits per heavy atom. The van der Waals surface area contributed by atoms with Gasteiger partial charge in [-0.2, -0.15) is 0 Å². The Kier molecular flexibility index (Phi) is 11.6. The van der Waals surface area contributed by atoms with Gasteiger partial charge in [-0.25, -0.2) is 4.98 Å². The Hall–Kier alpha value is -5.71. The van der Waals surface area contributed by atoms with E-state index in [4.69, 9.17) is 4.74 Å². The Morgan fingerprint density at radius 2 is 1.59 bits per heavy atom. The van der Waals surface area contributed by atoms with Crippen LogP contribution in [0.15, 0.2) is 137 Å². The van der Waals surface area contributed by atoms with Crippen molar-refractivity contribution in [2.24, 2.45) is 0 Å². The average molecular weight is 713 g/mol. The van der Waals surface area contributed by atoms with Gasteiger partial charge in [-0.3, -0.25) is 14.4 Å². The number of amides is 3. The highest BCUT2D eigenvalue weighted by Gasteiger charge is 2.21. The Labute approximate surface area is 305 Å². The van der Waals surface area contributed by atoms with Gasteiger partial charge in [-0.15, -0.1) is 23.1 Å². The van der Waals surface area contributed by atoms with E-state index < -0.39 is 17.1 Å². The lowest BCUT2D eigenvalue weighted by molar-refractivity contribution is -0.116. The van der Waals surface area contributed by atoms with Crippen molar-refractivity contribution in [2.45, 2.75) is 30.4 Å². The molecule has 8 nitrogen and oxygen atoms in total. The maximum atomic E-state index is 13.8. The van der Waals surface area contributed by atoms with Crippen molar-refractivity contribution in [3.63, 3.8) is 0 Å². The SMILES string of the molecule is CCOc1ccc(-c2csc(NC(=O)C(CC)Sc3cccc(NC(=O)/C(=C\c4cccc5ccccc45)NC(=O)c4ccccc4)c3)n2)cc1. The monoisotopic (exact) mass is 712 g/mol. The van der Waals surface area contributed by atoms with E-state index >= 15 is 0 Å². The van der Waals surface area contributed by atoms with Crippen LogP contribution in [0.1, 0.15) is 36.2 Å². The fourth-order valence-electron chi connectivity index (χ4n) is 5.34. The molecule has 51 heavy (non-hydrogen) atoms. The Balaban J connectivity index is 1.16. The van der Waals surface area contributed by atoms with E-state index in [-0.39, 0.29) is 11.6 Å². The van der Waals surface area contributed by atoms with Gasteiger partial charge < -0.3 is 20.7 Å². The molecule has 1 heterocycles. The van der Waals surface area contributed by atoms with Gasteiger partial charge in [-0.1, -0.05) is 73.7 Å². The van der Waals surface area contributed by atoms with E-state index in [0.29, 0.717) is 29.4 Å². The first-order valence-corrected chi connectivity index (χ1v) is 18.3. The second-order valence-electron chi connectivity index (χ2n) is 11.4. The highest BCUT2D eigenvalue weighted by atomic mass is 32.2. The van der Waals surface area contributed by atoms with Gasteiger partial charge in [0, 0.05) is 27.1 Å². The van der Waals surface area contributed by atoms with Crippen LogP contribution in [-0.2, 0) is 9.59 Å². The van der Waals surface area contributed by atoms with Gasteiger partial charge >= 0.3 is 0 Å². The molecular formula is C41H36N4O4S2. The van der Waals surface area contributed by atoms with Crippen LogP contribution in [0, 0.1) is 0 Å². The molecule has 0 aliphatic carbocycles. The van der Waals surface area contributed by atoms with Gasteiger partial charge in [-0.05, 0) is 90.4 Å². The number of ether oxygens (including phenoxy) is 1. The number of carbonyl (C=O) groups excluding carboxylic acids is 3. The zero-order valence-electron chi connectivity index (χ0n) is 28.1. The summed E-state index contributed by atoms with van der Waals surface area (Å²) in [5, 5.41) is 12.7. The normalized spacial score (nSPS) is 11.8. The van der Waals surface area contributed by atoms with E-state index in [1.165, 1.54) is 23.1 Å². The molecule has 0 fully saturated rings. The van der Waals surface area contributed by atoms with Crippen molar-refractivity contribution in [1.29, 1.82) is 0 Å². The zero-order valence-corrected chi connectivity index (χ0v) is 29.7. The van der Waals surface area contributed by atoms with E-state index in [2.05, 4.69) is 20.9 Å². The minimum absolute atomic E-state index is 0.0946. The largest absolute Gasteiger partial charge is 0.494 e. The number of carbonyl (C=O) groups is 3. The van der Waals surface area contributed by atoms with Crippen LogP contribution in [0.3, 0.4) is 0 Å². The van der Waals surface area contributed by atoms with Crippen molar-refractivity contribution in [1.82, 2.24) is 10.3 Å². The first-order valence-electron chi connectivity index (χ1n) is 16.5. The summed E-state index contributed by atoms with van der Waals surface area (Å²) in [5.41, 5.74) is 3.55. The third-order valence-corrected chi connectivity index (χ3v) is 10.00. The topological polar surface area (TPSA) is 109 Å². The molecule has 1 atom stereocenters. The lowest BCUT2D eigenvalue weighted by atomic mass is 10.0. The fourth-order valence-corrected chi connectivity index (χ4v) is 7.08. The molecule has 5 aromatic carbocycles. The fraction of sp³-hybridized carbons (Fsp3) is 0.122. The maximum absolute atomic E-state index is 13.8. The summed E-state index contributed by atoms with van der Waals surface area (Å²) in [4.78, 5) is 45.8. The quantitative estimate of drug-likeness (QED) is 0.0814.